The molecule has 0 N–H and O–H groups in total. The third kappa shape index (κ3) is 4.07. The first-order chi connectivity index (χ1) is 12.7. The van der Waals surface area contributed by atoms with Crippen LogP contribution in [0.2, 0.25) is 5.02 Å². The van der Waals surface area contributed by atoms with Gasteiger partial charge in [-0.05, 0) is 50.4 Å². The Labute approximate surface area is 158 Å². The highest BCUT2D eigenvalue weighted by atomic mass is 35.5. The molecule has 3 heterocycles. The summed E-state index contributed by atoms with van der Waals surface area (Å²) in [7, 11) is 0. The van der Waals surface area contributed by atoms with E-state index in [1.807, 2.05) is 29.2 Å². The molecule has 2 aromatic rings. The van der Waals surface area contributed by atoms with E-state index < -0.39 is 0 Å². The van der Waals surface area contributed by atoms with Gasteiger partial charge in [0.05, 0.1) is 6.54 Å². The Kier molecular flexibility index (Phi) is 5.22. The summed E-state index contributed by atoms with van der Waals surface area (Å²) in [5, 5.41) is 4.73. The van der Waals surface area contributed by atoms with Crippen molar-refractivity contribution in [3.63, 3.8) is 0 Å². The topological polar surface area (TPSA) is 62.5 Å². The van der Waals surface area contributed by atoms with Gasteiger partial charge in [0.25, 0.3) is 0 Å². The van der Waals surface area contributed by atoms with E-state index >= 15 is 0 Å². The zero-order chi connectivity index (χ0) is 17.9. The molecule has 1 aromatic heterocycles. The molecule has 0 unspecified atom stereocenters. The van der Waals surface area contributed by atoms with Gasteiger partial charge in [-0.3, -0.25) is 9.69 Å². The number of carbonyl (C=O) groups is 1. The monoisotopic (exact) mass is 374 g/mol. The fourth-order valence-electron chi connectivity index (χ4n) is 3.79. The van der Waals surface area contributed by atoms with Crippen molar-refractivity contribution in [2.45, 2.75) is 32.2 Å². The van der Waals surface area contributed by atoms with Crippen molar-refractivity contribution in [1.82, 2.24) is 19.9 Å². The zero-order valence-corrected chi connectivity index (χ0v) is 15.5. The number of hydrogen-bond acceptors (Lipinski definition) is 5. The van der Waals surface area contributed by atoms with Crippen LogP contribution < -0.4 is 0 Å². The van der Waals surface area contributed by atoms with E-state index in [1.54, 1.807) is 0 Å². The molecule has 0 radical (unpaired) electrons. The molecule has 1 aromatic carbocycles. The number of hydrogen-bond donors (Lipinski definition) is 0. The molecule has 4 rings (SSSR count). The van der Waals surface area contributed by atoms with Gasteiger partial charge in [-0.15, -0.1) is 0 Å². The second-order valence-electron chi connectivity index (χ2n) is 7.18. The minimum absolute atomic E-state index is 0.326. The second kappa shape index (κ2) is 7.76. The Morgan fingerprint density at radius 3 is 2.81 bits per heavy atom. The minimum atomic E-state index is 0.326. The molecule has 2 aliphatic rings. The lowest BCUT2D eigenvalue weighted by atomic mass is 9.96. The number of rotatable bonds is 5. The maximum atomic E-state index is 11.8. The Bertz CT molecular complexity index is 770. The molecular weight excluding hydrogens is 352 g/mol. The second-order valence-corrected chi connectivity index (χ2v) is 7.62. The minimum Gasteiger partial charge on any atom is -0.342 e. The molecule has 6 nitrogen and oxygen atoms in total. The van der Waals surface area contributed by atoms with Crippen molar-refractivity contribution < 1.29 is 9.32 Å². The standard InChI is InChI=1S/C19H23ClN4O2/c20-16-4-1-3-15(11-16)19-21-17(26-22-19)13-23-9-6-14(7-10-23)12-24-8-2-5-18(24)25/h1,3-4,11,14H,2,5-10,12-13H2. The van der Waals surface area contributed by atoms with Crippen LogP contribution in [-0.2, 0) is 11.3 Å². The average Bonchev–Trinajstić information content (AvgIpc) is 3.26. The molecule has 0 atom stereocenters. The molecule has 0 bridgehead atoms. The van der Waals surface area contributed by atoms with E-state index in [0.717, 1.165) is 57.4 Å². The van der Waals surface area contributed by atoms with E-state index in [1.165, 1.54) is 0 Å². The average molecular weight is 375 g/mol. The Morgan fingerprint density at radius 1 is 1.23 bits per heavy atom. The molecule has 0 aliphatic carbocycles. The maximum Gasteiger partial charge on any atom is 0.241 e. The number of nitrogens with zero attached hydrogens (tertiary/aromatic N) is 4. The van der Waals surface area contributed by atoms with Crippen LogP contribution in [0.5, 0.6) is 0 Å². The summed E-state index contributed by atoms with van der Waals surface area (Å²) in [5.41, 5.74) is 0.862. The predicted octanol–water partition coefficient (Wildman–Crippen LogP) is 3.22. The van der Waals surface area contributed by atoms with Gasteiger partial charge in [-0.1, -0.05) is 28.9 Å². The van der Waals surface area contributed by atoms with Gasteiger partial charge in [0.1, 0.15) is 0 Å². The van der Waals surface area contributed by atoms with Gasteiger partial charge in [-0.25, -0.2) is 0 Å². The third-order valence-electron chi connectivity index (χ3n) is 5.27. The number of halogens is 1. The highest BCUT2D eigenvalue weighted by molar-refractivity contribution is 6.30. The lowest BCUT2D eigenvalue weighted by Gasteiger charge is -2.33. The summed E-state index contributed by atoms with van der Waals surface area (Å²) in [6.07, 6.45) is 3.97. The van der Waals surface area contributed by atoms with Gasteiger partial charge in [0.2, 0.25) is 17.6 Å². The van der Waals surface area contributed by atoms with E-state index in [0.29, 0.717) is 35.1 Å². The smallest absolute Gasteiger partial charge is 0.241 e. The first-order valence-corrected chi connectivity index (χ1v) is 9.64. The van der Waals surface area contributed by atoms with Crippen LogP contribution in [-0.4, -0.2) is 52.0 Å². The highest BCUT2D eigenvalue weighted by Gasteiger charge is 2.26. The summed E-state index contributed by atoms with van der Waals surface area (Å²) in [6, 6.07) is 7.46. The number of aromatic nitrogens is 2. The van der Waals surface area contributed by atoms with Gasteiger partial charge in [0.15, 0.2) is 0 Å². The Hall–Kier alpha value is -1.92. The van der Waals surface area contributed by atoms with Crippen LogP contribution in [0.25, 0.3) is 11.4 Å². The molecule has 138 valence electrons. The van der Waals surface area contributed by atoms with Crippen LogP contribution in [0.15, 0.2) is 28.8 Å². The largest absolute Gasteiger partial charge is 0.342 e. The first-order valence-electron chi connectivity index (χ1n) is 9.26. The van der Waals surface area contributed by atoms with Crippen LogP contribution in [0, 0.1) is 5.92 Å². The fourth-order valence-corrected chi connectivity index (χ4v) is 3.98. The summed E-state index contributed by atoms with van der Waals surface area (Å²) in [5.74, 6) is 2.14. The molecule has 2 saturated heterocycles. The maximum absolute atomic E-state index is 11.8. The molecule has 7 heteroatoms. The molecule has 26 heavy (non-hydrogen) atoms. The number of benzene rings is 1. The van der Waals surface area contributed by atoms with Crippen molar-refractivity contribution in [3.05, 3.63) is 35.2 Å². The molecular formula is C19H23ClN4O2. The first kappa shape index (κ1) is 17.5. The van der Waals surface area contributed by atoms with E-state index in [2.05, 4.69) is 15.0 Å². The van der Waals surface area contributed by atoms with Crippen LogP contribution in [0.4, 0.5) is 0 Å². The van der Waals surface area contributed by atoms with Crippen molar-refractivity contribution >= 4 is 17.5 Å². The number of carbonyl (C=O) groups excluding carboxylic acids is 1. The lowest BCUT2D eigenvalue weighted by molar-refractivity contribution is -0.128. The quantitative estimate of drug-likeness (QED) is 0.804. The van der Waals surface area contributed by atoms with Crippen molar-refractivity contribution in [1.29, 1.82) is 0 Å². The van der Waals surface area contributed by atoms with Crippen molar-refractivity contribution in [2.75, 3.05) is 26.2 Å². The van der Waals surface area contributed by atoms with Crippen LogP contribution in [0.3, 0.4) is 0 Å². The van der Waals surface area contributed by atoms with Crippen molar-refractivity contribution in [2.24, 2.45) is 5.92 Å². The summed E-state index contributed by atoms with van der Waals surface area (Å²) >= 11 is 6.02. The number of likely N-dealkylation sites (tertiary alicyclic amines) is 2. The summed E-state index contributed by atoms with van der Waals surface area (Å²) < 4.78 is 5.41. The molecule has 0 spiro atoms. The summed E-state index contributed by atoms with van der Waals surface area (Å²) in [6.45, 7) is 4.53. The normalized spacial score (nSPS) is 19.4. The number of piperidine rings is 1. The Balaban J connectivity index is 1.29. The van der Waals surface area contributed by atoms with Crippen LogP contribution in [0.1, 0.15) is 31.6 Å². The SMILES string of the molecule is O=C1CCCN1CC1CCN(Cc2nc(-c3cccc(Cl)c3)no2)CC1. The van der Waals surface area contributed by atoms with E-state index in [-0.39, 0.29) is 0 Å². The fraction of sp³-hybridized carbons (Fsp3) is 0.526. The predicted molar refractivity (Wildman–Crippen MR) is 98.6 cm³/mol. The lowest BCUT2D eigenvalue weighted by Crippen LogP contribution is -2.38. The van der Waals surface area contributed by atoms with Gasteiger partial charge in [0, 0.05) is 30.1 Å². The molecule has 0 saturated carbocycles. The van der Waals surface area contributed by atoms with Crippen molar-refractivity contribution in [3.8, 4) is 11.4 Å². The van der Waals surface area contributed by atoms with Crippen LogP contribution >= 0.6 is 11.6 Å². The van der Waals surface area contributed by atoms with Gasteiger partial charge in [-0.2, -0.15) is 4.98 Å². The van der Waals surface area contributed by atoms with E-state index in [4.69, 9.17) is 16.1 Å². The number of amides is 1. The third-order valence-corrected chi connectivity index (χ3v) is 5.50. The zero-order valence-electron chi connectivity index (χ0n) is 14.7. The summed E-state index contributed by atoms with van der Waals surface area (Å²) in [4.78, 5) is 20.7. The highest BCUT2D eigenvalue weighted by Crippen LogP contribution is 2.23. The molecule has 2 aliphatic heterocycles. The van der Waals surface area contributed by atoms with Gasteiger partial charge < -0.3 is 9.42 Å². The molecule has 2 fully saturated rings. The van der Waals surface area contributed by atoms with Gasteiger partial charge >= 0.3 is 0 Å². The Morgan fingerprint density at radius 2 is 2.08 bits per heavy atom. The van der Waals surface area contributed by atoms with E-state index in [9.17, 15) is 4.79 Å². The molecule has 1 amide bonds.